The summed E-state index contributed by atoms with van der Waals surface area (Å²) in [5.74, 6) is 0.412. The van der Waals surface area contributed by atoms with E-state index in [1.165, 1.54) is 23.5 Å². The van der Waals surface area contributed by atoms with Gasteiger partial charge in [0.15, 0.2) is 0 Å². The zero-order valence-corrected chi connectivity index (χ0v) is 16.3. The number of methoxy groups -OCH3 is 1. The number of nitrogens with one attached hydrogen (secondary N) is 2. The van der Waals surface area contributed by atoms with E-state index in [0.717, 1.165) is 22.1 Å². The van der Waals surface area contributed by atoms with Crippen molar-refractivity contribution >= 4 is 60.3 Å². The van der Waals surface area contributed by atoms with Crippen molar-refractivity contribution in [2.45, 2.75) is 0 Å². The fourth-order valence-electron chi connectivity index (χ4n) is 2.38. The van der Waals surface area contributed by atoms with Gasteiger partial charge < -0.3 is 10.1 Å². The largest absolute Gasteiger partial charge is 0.497 e. The van der Waals surface area contributed by atoms with Crippen LogP contribution in [0.15, 0.2) is 42.5 Å². The van der Waals surface area contributed by atoms with Crippen molar-refractivity contribution in [3.8, 4) is 5.75 Å². The average Bonchev–Trinajstić information content (AvgIpc) is 2.95. The summed E-state index contributed by atoms with van der Waals surface area (Å²) in [6.07, 6.45) is 1.04. The van der Waals surface area contributed by atoms with Crippen LogP contribution in [0.2, 0.25) is 5.02 Å². The molecule has 0 atom stereocenters. The lowest BCUT2D eigenvalue weighted by Crippen LogP contribution is -2.12. The van der Waals surface area contributed by atoms with Gasteiger partial charge in [-0.05, 0) is 47.9 Å². The maximum absolute atomic E-state index is 12.5. The fraction of sp³-hybridized carbons (Fsp3) is 0.118. The topological polar surface area (TPSA) is 84.5 Å². The minimum atomic E-state index is -3.45. The Morgan fingerprint density at radius 3 is 2.54 bits per heavy atom. The average molecular weight is 411 g/mol. The van der Waals surface area contributed by atoms with Gasteiger partial charge in [0, 0.05) is 15.4 Å². The maximum atomic E-state index is 12.5. The van der Waals surface area contributed by atoms with E-state index in [1.54, 1.807) is 19.2 Å². The summed E-state index contributed by atoms with van der Waals surface area (Å²) in [6.45, 7) is 0. The Morgan fingerprint density at radius 2 is 1.85 bits per heavy atom. The molecule has 0 spiro atoms. The highest BCUT2D eigenvalue weighted by atomic mass is 35.5. The number of fused-ring (bicyclic) bond motifs is 1. The van der Waals surface area contributed by atoms with Crippen molar-refractivity contribution in [2.75, 3.05) is 23.4 Å². The lowest BCUT2D eigenvalue weighted by molar-refractivity contribution is 0.103. The van der Waals surface area contributed by atoms with Crippen molar-refractivity contribution in [3.05, 3.63) is 52.4 Å². The number of sulfonamides is 1. The number of ether oxygens (including phenoxy) is 1. The van der Waals surface area contributed by atoms with E-state index >= 15 is 0 Å². The molecule has 3 aromatic rings. The molecule has 1 amide bonds. The summed E-state index contributed by atoms with van der Waals surface area (Å²) in [5, 5.41) is 3.97. The second-order valence-electron chi connectivity index (χ2n) is 5.57. The summed E-state index contributed by atoms with van der Waals surface area (Å²) in [4.78, 5) is 13.1. The van der Waals surface area contributed by atoms with Gasteiger partial charge in [0.05, 0.1) is 23.9 Å². The van der Waals surface area contributed by atoms with Gasteiger partial charge >= 0.3 is 0 Å². The first-order valence-corrected chi connectivity index (χ1v) is 10.5. The number of hydrogen-bond donors (Lipinski definition) is 2. The molecule has 0 radical (unpaired) electrons. The third-order valence-electron chi connectivity index (χ3n) is 3.41. The Hall–Kier alpha value is -2.29. The van der Waals surface area contributed by atoms with Gasteiger partial charge in [0.2, 0.25) is 10.0 Å². The van der Waals surface area contributed by atoms with Crippen LogP contribution in [0, 0.1) is 0 Å². The Labute approximate surface area is 159 Å². The number of rotatable bonds is 5. The predicted octanol–water partition coefficient (Wildman–Crippen LogP) is 4.19. The molecule has 6 nitrogen and oxygen atoms in total. The number of carbonyl (C=O) groups is 1. The van der Waals surface area contributed by atoms with Gasteiger partial charge in [-0.3, -0.25) is 9.52 Å². The van der Waals surface area contributed by atoms with Gasteiger partial charge in [-0.2, -0.15) is 0 Å². The number of benzene rings is 2. The van der Waals surface area contributed by atoms with Crippen LogP contribution in [0.3, 0.4) is 0 Å². The molecule has 0 aliphatic carbocycles. The molecule has 0 saturated heterocycles. The zero-order valence-electron chi connectivity index (χ0n) is 13.9. The molecule has 136 valence electrons. The molecule has 2 N–H and O–H groups in total. The molecule has 9 heteroatoms. The standard InChI is InChI=1S/C17H15ClN2O4S2/c1-24-14-4-3-10-5-16(25-15(10)9-14)17(21)19-12-6-11(18)7-13(8-12)20-26(2,22)23/h3-9,20H,1-2H3,(H,19,21). The maximum Gasteiger partial charge on any atom is 0.265 e. The zero-order chi connectivity index (χ0) is 18.9. The molecule has 0 saturated carbocycles. The SMILES string of the molecule is COc1ccc2cc(C(=O)Nc3cc(Cl)cc(NS(C)(=O)=O)c3)sc2c1. The van der Waals surface area contributed by atoms with Crippen molar-refractivity contribution < 1.29 is 17.9 Å². The number of thiophene rings is 1. The number of hydrogen-bond acceptors (Lipinski definition) is 5. The molecule has 1 heterocycles. The Bertz CT molecular complexity index is 1090. The molecule has 0 bridgehead atoms. The molecular weight excluding hydrogens is 396 g/mol. The van der Waals surface area contributed by atoms with E-state index in [1.807, 2.05) is 18.2 Å². The van der Waals surface area contributed by atoms with Crippen LogP contribution in [-0.4, -0.2) is 27.7 Å². The Morgan fingerprint density at radius 1 is 1.12 bits per heavy atom. The van der Waals surface area contributed by atoms with E-state index in [9.17, 15) is 13.2 Å². The molecule has 0 fully saturated rings. The lowest BCUT2D eigenvalue weighted by Gasteiger charge is -2.09. The van der Waals surface area contributed by atoms with E-state index in [2.05, 4.69) is 10.0 Å². The second-order valence-corrected chi connectivity index (χ2v) is 8.84. The van der Waals surface area contributed by atoms with Crippen LogP contribution in [0.5, 0.6) is 5.75 Å². The van der Waals surface area contributed by atoms with Gasteiger partial charge in [-0.25, -0.2) is 8.42 Å². The number of amides is 1. The minimum Gasteiger partial charge on any atom is -0.497 e. The Kier molecular flexibility index (Phi) is 5.08. The first-order valence-electron chi connectivity index (χ1n) is 7.41. The lowest BCUT2D eigenvalue weighted by atomic mass is 10.2. The summed E-state index contributed by atoms with van der Waals surface area (Å²) < 4.78 is 31.2. The van der Waals surface area contributed by atoms with Crippen LogP contribution in [0.4, 0.5) is 11.4 Å². The van der Waals surface area contributed by atoms with E-state index in [0.29, 0.717) is 15.6 Å². The van der Waals surface area contributed by atoms with Crippen LogP contribution in [0.25, 0.3) is 10.1 Å². The normalized spacial score (nSPS) is 11.3. The Balaban J connectivity index is 1.85. The smallest absolute Gasteiger partial charge is 0.265 e. The predicted molar refractivity (Wildman–Crippen MR) is 106 cm³/mol. The summed E-state index contributed by atoms with van der Waals surface area (Å²) in [5.41, 5.74) is 0.667. The highest BCUT2D eigenvalue weighted by molar-refractivity contribution is 7.92. The minimum absolute atomic E-state index is 0.274. The van der Waals surface area contributed by atoms with Crippen molar-refractivity contribution in [2.24, 2.45) is 0 Å². The third-order valence-corrected chi connectivity index (χ3v) is 5.33. The molecular formula is C17H15ClN2O4S2. The fourth-order valence-corrected chi connectivity index (χ4v) is 4.15. The van der Waals surface area contributed by atoms with Gasteiger partial charge in [0.1, 0.15) is 5.75 Å². The van der Waals surface area contributed by atoms with Gasteiger partial charge in [0.25, 0.3) is 5.91 Å². The number of anilines is 2. The first-order chi connectivity index (χ1) is 12.2. The van der Waals surface area contributed by atoms with Crippen LogP contribution in [0.1, 0.15) is 9.67 Å². The van der Waals surface area contributed by atoms with E-state index in [4.69, 9.17) is 16.3 Å². The monoisotopic (exact) mass is 410 g/mol. The molecule has 1 aromatic heterocycles. The van der Waals surface area contributed by atoms with Gasteiger partial charge in [-0.1, -0.05) is 11.6 Å². The van der Waals surface area contributed by atoms with Crippen molar-refractivity contribution in [1.29, 1.82) is 0 Å². The van der Waals surface area contributed by atoms with Crippen LogP contribution in [-0.2, 0) is 10.0 Å². The highest BCUT2D eigenvalue weighted by Gasteiger charge is 2.13. The molecule has 0 aliphatic rings. The number of carbonyl (C=O) groups excluding carboxylic acids is 1. The molecule has 3 rings (SSSR count). The molecule has 0 aliphatic heterocycles. The van der Waals surface area contributed by atoms with Crippen molar-refractivity contribution in [1.82, 2.24) is 0 Å². The highest BCUT2D eigenvalue weighted by Crippen LogP contribution is 2.30. The van der Waals surface area contributed by atoms with Crippen LogP contribution < -0.4 is 14.8 Å². The number of halogens is 1. The molecule has 0 unspecified atom stereocenters. The quantitative estimate of drug-likeness (QED) is 0.660. The van der Waals surface area contributed by atoms with Crippen LogP contribution >= 0.6 is 22.9 Å². The van der Waals surface area contributed by atoms with Crippen molar-refractivity contribution in [3.63, 3.8) is 0 Å². The summed E-state index contributed by atoms with van der Waals surface area (Å²) in [6, 6.07) is 11.9. The molecule has 26 heavy (non-hydrogen) atoms. The third kappa shape index (κ3) is 4.46. The molecule has 2 aromatic carbocycles. The summed E-state index contributed by atoms with van der Waals surface area (Å²) in [7, 11) is -1.86. The van der Waals surface area contributed by atoms with E-state index in [-0.39, 0.29) is 11.6 Å². The van der Waals surface area contributed by atoms with Gasteiger partial charge in [-0.15, -0.1) is 11.3 Å². The van der Waals surface area contributed by atoms with E-state index < -0.39 is 10.0 Å². The second kappa shape index (κ2) is 7.14. The first kappa shape index (κ1) is 18.5. The summed E-state index contributed by atoms with van der Waals surface area (Å²) >= 11 is 7.34.